The van der Waals surface area contributed by atoms with Gasteiger partial charge in [-0.05, 0) is 65.7 Å². The minimum atomic E-state index is 0.385. The third-order valence-electron chi connectivity index (χ3n) is 3.84. The molecular weight excluding hydrogens is 302 g/mol. The minimum absolute atomic E-state index is 0.385. The van der Waals surface area contributed by atoms with E-state index < -0.39 is 0 Å². The number of anilines is 1. The van der Waals surface area contributed by atoms with E-state index in [0.717, 1.165) is 23.9 Å². The van der Waals surface area contributed by atoms with Crippen LogP contribution in [-0.2, 0) is 4.74 Å². The SMILES string of the molecule is Cc1cc(C)c(NC2CCOC(C(C)C)C2)c(Br)c1. The van der Waals surface area contributed by atoms with Gasteiger partial charge in [0.15, 0.2) is 0 Å². The number of nitrogens with one attached hydrogen (secondary N) is 1. The molecule has 106 valence electrons. The molecule has 1 saturated heterocycles. The van der Waals surface area contributed by atoms with Crippen molar-refractivity contribution >= 4 is 21.6 Å². The number of hydrogen-bond donors (Lipinski definition) is 1. The lowest BCUT2D eigenvalue weighted by Crippen LogP contribution is -2.36. The quantitative estimate of drug-likeness (QED) is 0.871. The van der Waals surface area contributed by atoms with Crippen molar-refractivity contribution in [1.82, 2.24) is 0 Å². The largest absolute Gasteiger partial charge is 0.381 e. The Morgan fingerprint density at radius 1 is 1.32 bits per heavy atom. The van der Waals surface area contributed by atoms with E-state index in [9.17, 15) is 0 Å². The van der Waals surface area contributed by atoms with Gasteiger partial charge in [-0.3, -0.25) is 0 Å². The summed E-state index contributed by atoms with van der Waals surface area (Å²) in [4.78, 5) is 0. The van der Waals surface area contributed by atoms with Crippen LogP contribution in [0.3, 0.4) is 0 Å². The van der Waals surface area contributed by atoms with Crippen LogP contribution in [0.1, 0.15) is 37.8 Å². The summed E-state index contributed by atoms with van der Waals surface area (Å²) in [5.74, 6) is 0.590. The zero-order chi connectivity index (χ0) is 14.0. The van der Waals surface area contributed by atoms with Gasteiger partial charge in [-0.1, -0.05) is 19.9 Å². The van der Waals surface area contributed by atoms with Crippen molar-refractivity contribution in [3.63, 3.8) is 0 Å². The van der Waals surface area contributed by atoms with Crippen LogP contribution in [0.4, 0.5) is 5.69 Å². The minimum Gasteiger partial charge on any atom is -0.381 e. The lowest BCUT2D eigenvalue weighted by atomic mass is 9.95. The molecular formula is C16H24BrNO. The van der Waals surface area contributed by atoms with Gasteiger partial charge in [-0.2, -0.15) is 0 Å². The first-order valence-corrected chi connectivity index (χ1v) is 7.91. The molecule has 1 aliphatic rings. The first-order chi connectivity index (χ1) is 8.97. The van der Waals surface area contributed by atoms with Crippen molar-refractivity contribution in [3.8, 4) is 0 Å². The summed E-state index contributed by atoms with van der Waals surface area (Å²) in [6.07, 6.45) is 2.57. The summed E-state index contributed by atoms with van der Waals surface area (Å²) in [5, 5.41) is 3.70. The van der Waals surface area contributed by atoms with Gasteiger partial charge in [-0.15, -0.1) is 0 Å². The van der Waals surface area contributed by atoms with Crippen molar-refractivity contribution in [2.75, 3.05) is 11.9 Å². The Balaban J connectivity index is 2.09. The Hall–Kier alpha value is -0.540. The van der Waals surface area contributed by atoms with Gasteiger partial charge in [0.05, 0.1) is 11.8 Å². The summed E-state index contributed by atoms with van der Waals surface area (Å²) in [7, 11) is 0. The Bertz CT molecular complexity index is 421. The van der Waals surface area contributed by atoms with E-state index in [1.807, 2.05) is 0 Å². The van der Waals surface area contributed by atoms with Crippen LogP contribution < -0.4 is 5.32 Å². The van der Waals surface area contributed by atoms with Crippen LogP contribution in [0, 0.1) is 19.8 Å². The second kappa shape index (κ2) is 6.27. The monoisotopic (exact) mass is 325 g/mol. The van der Waals surface area contributed by atoms with Crippen molar-refractivity contribution in [2.24, 2.45) is 5.92 Å². The highest BCUT2D eigenvalue weighted by Crippen LogP contribution is 2.31. The molecule has 19 heavy (non-hydrogen) atoms. The Morgan fingerprint density at radius 2 is 2.05 bits per heavy atom. The van der Waals surface area contributed by atoms with Crippen molar-refractivity contribution in [3.05, 3.63) is 27.7 Å². The first kappa shape index (κ1) is 14.9. The number of benzene rings is 1. The molecule has 1 fully saturated rings. The molecule has 2 atom stereocenters. The summed E-state index contributed by atoms with van der Waals surface area (Å²) in [6.45, 7) is 9.63. The van der Waals surface area contributed by atoms with E-state index >= 15 is 0 Å². The molecule has 1 aromatic rings. The summed E-state index contributed by atoms with van der Waals surface area (Å²) in [6, 6.07) is 4.92. The average Bonchev–Trinajstić information content (AvgIpc) is 2.34. The van der Waals surface area contributed by atoms with Crippen LogP contribution in [0.15, 0.2) is 16.6 Å². The number of aryl methyl sites for hydroxylation is 2. The van der Waals surface area contributed by atoms with Crippen molar-refractivity contribution in [2.45, 2.75) is 52.7 Å². The lowest BCUT2D eigenvalue weighted by Gasteiger charge is -2.33. The van der Waals surface area contributed by atoms with Gasteiger partial charge in [0.25, 0.3) is 0 Å². The Morgan fingerprint density at radius 3 is 2.68 bits per heavy atom. The first-order valence-electron chi connectivity index (χ1n) is 7.12. The standard InChI is InChI=1S/C16H24BrNO/c1-10(2)15-9-13(5-6-19-15)18-16-12(4)7-11(3)8-14(16)17/h7-8,10,13,15,18H,5-6,9H2,1-4H3. The highest BCUT2D eigenvalue weighted by molar-refractivity contribution is 9.10. The van der Waals surface area contributed by atoms with Gasteiger partial charge in [-0.25, -0.2) is 0 Å². The van der Waals surface area contributed by atoms with Crippen LogP contribution in [0.2, 0.25) is 0 Å². The molecule has 0 bridgehead atoms. The maximum Gasteiger partial charge on any atom is 0.0617 e. The zero-order valence-electron chi connectivity index (χ0n) is 12.3. The maximum absolute atomic E-state index is 5.84. The fourth-order valence-corrected chi connectivity index (χ4v) is 3.51. The molecule has 0 spiro atoms. The smallest absolute Gasteiger partial charge is 0.0617 e. The van der Waals surface area contributed by atoms with Gasteiger partial charge < -0.3 is 10.1 Å². The summed E-state index contributed by atoms with van der Waals surface area (Å²) >= 11 is 3.68. The molecule has 0 aromatic heterocycles. The van der Waals surface area contributed by atoms with E-state index in [-0.39, 0.29) is 0 Å². The molecule has 3 heteroatoms. The fourth-order valence-electron chi connectivity index (χ4n) is 2.73. The molecule has 2 rings (SSSR count). The highest BCUT2D eigenvalue weighted by atomic mass is 79.9. The van der Waals surface area contributed by atoms with Gasteiger partial charge in [0.1, 0.15) is 0 Å². The number of rotatable bonds is 3. The van der Waals surface area contributed by atoms with Crippen molar-refractivity contribution < 1.29 is 4.74 Å². The molecule has 1 heterocycles. The van der Waals surface area contributed by atoms with Crippen molar-refractivity contribution in [1.29, 1.82) is 0 Å². The lowest BCUT2D eigenvalue weighted by molar-refractivity contribution is -0.0160. The molecule has 1 aromatic carbocycles. The number of ether oxygens (including phenoxy) is 1. The van der Waals surface area contributed by atoms with Gasteiger partial charge in [0, 0.05) is 17.1 Å². The van der Waals surface area contributed by atoms with E-state index in [1.54, 1.807) is 0 Å². The number of halogens is 1. The topological polar surface area (TPSA) is 21.3 Å². The summed E-state index contributed by atoms with van der Waals surface area (Å²) in [5.41, 5.74) is 3.83. The third-order valence-corrected chi connectivity index (χ3v) is 4.46. The average molecular weight is 326 g/mol. The van der Waals surface area contributed by atoms with Crippen LogP contribution in [-0.4, -0.2) is 18.8 Å². The van der Waals surface area contributed by atoms with E-state index in [2.05, 4.69) is 61.1 Å². The maximum atomic E-state index is 5.84. The predicted molar refractivity (Wildman–Crippen MR) is 84.8 cm³/mol. The highest BCUT2D eigenvalue weighted by Gasteiger charge is 2.25. The fraction of sp³-hybridized carbons (Fsp3) is 0.625. The molecule has 1 N–H and O–H groups in total. The second-order valence-corrected chi connectivity index (χ2v) is 6.81. The molecule has 1 aliphatic heterocycles. The molecule has 0 saturated carbocycles. The molecule has 0 radical (unpaired) electrons. The third kappa shape index (κ3) is 3.73. The van der Waals surface area contributed by atoms with Gasteiger partial charge >= 0.3 is 0 Å². The Labute approximate surface area is 125 Å². The van der Waals surface area contributed by atoms with E-state index in [4.69, 9.17) is 4.74 Å². The molecule has 0 amide bonds. The second-order valence-electron chi connectivity index (χ2n) is 5.96. The van der Waals surface area contributed by atoms with E-state index in [1.165, 1.54) is 16.8 Å². The molecule has 2 unspecified atom stereocenters. The van der Waals surface area contributed by atoms with Crippen LogP contribution >= 0.6 is 15.9 Å². The van der Waals surface area contributed by atoms with Crippen LogP contribution in [0.25, 0.3) is 0 Å². The van der Waals surface area contributed by atoms with Crippen LogP contribution in [0.5, 0.6) is 0 Å². The normalized spacial score (nSPS) is 23.7. The molecule has 2 nitrogen and oxygen atoms in total. The Kier molecular flexibility index (Phi) is 4.91. The van der Waals surface area contributed by atoms with E-state index in [0.29, 0.717) is 18.1 Å². The number of hydrogen-bond acceptors (Lipinski definition) is 2. The van der Waals surface area contributed by atoms with Gasteiger partial charge in [0.2, 0.25) is 0 Å². The molecule has 0 aliphatic carbocycles. The zero-order valence-corrected chi connectivity index (χ0v) is 13.9. The summed E-state index contributed by atoms with van der Waals surface area (Å²) < 4.78 is 7.00. The predicted octanol–water partition coefficient (Wildman–Crippen LogP) is 4.68.